The normalized spacial score (nSPS) is 20.9. The highest BCUT2D eigenvalue weighted by Gasteiger charge is 2.40. The SMILES string of the molecule is COCc1ccc(C(=O)N2CCC3(CC2)OCCO3)cc1. The molecule has 5 heteroatoms. The van der Waals surface area contributed by atoms with E-state index in [1.807, 2.05) is 29.2 Å². The number of carbonyl (C=O) groups excluding carboxylic acids is 1. The van der Waals surface area contributed by atoms with E-state index in [1.165, 1.54) is 0 Å². The van der Waals surface area contributed by atoms with E-state index in [2.05, 4.69) is 0 Å². The van der Waals surface area contributed by atoms with Gasteiger partial charge in [-0.05, 0) is 17.7 Å². The van der Waals surface area contributed by atoms with E-state index in [-0.39, 0.29) is 5.91 Å². The third-order valence-electron chi connectivity index (χ3n) is 4.14. The average Bonchev–Trinajstić information content (AvgIpc) is 2.97. The van der Waals surface area contributed by atoms with E-state index < -0.39 is 5.79 Å². The molecule has 1 aromatic carbocycles. The molecule has 0 atom stereocenters. The summed E-state index contributed by atoms with van der Waals surface area (Å²) < 4.78 is 16.4. The summed E-state index contributed by atoms with van der Waals surface area (Å²) >= 11 is 0. The fourth-order valence-electron chi connectivity index (χ4n) is 2.93. The van der Waals surface area contributed by atoms with Gasteiger partial charge in [0.2, 0.25) is 0 Å². The van der Waals surface area contributed by atoms with Gasteiger partial charge in [0.25, 0.3) is 5.91 Å². The lowest BCUT2D eigenvalue weighted by Crippen LogP contribution is -2.47. The molecule has 0 radical (unpaired) electrons. The Balaban J connectivity index is 1.60. The second-order valence-electron chi connectivity index (χ2n) is 5.53. The first-order chi connectivity index (χ1) is 10.2. The predicted molar refractivity (Wildman–Crippen MR) is 76.9 cm³/mol. The van der Waals surface area contributed by atoms with Crippen LogP contribution < -0.4 is 0 Å². The van der Waals surface area contributed by atoms with Crippen LogP contribution in [0.4, 0.5) is 0 Å². The number of rotatable bonds is 3. The maximum atomic E-state index is 12.5. The second kappa shape index (κ2) is 6.13. The zero-order valence-corrected chi connectivity index (χ0v) is 12.3. The Morgan fingerprint density at radius 2 is 1.81 bits per heavy atom. The Morgan fingerprint density at radius 1 is 1.19 bits per heavy atom. The summed E-state index contributed by atoms with van der Waals surface area (Å²) in [6, 6.07) is 7.60. The van der Waals surface area contributed by atoms with Crippen LogP contribution in [0.3, 0.4) is 0 Å². The van der Waals surface area contributed by atoms with Crippen LogP contribution in [-0.2, 0) is 20.8 Å². The van der Waals surface area contributed by atoms with E-state index in [1.54, 1.807) is 7.11 Å². The Bertz CT molecular complexity index is 484. The average molecular weight is 291 g/mol. The largest absolute Gasteiger partial charge is 0.380 e. The van der Waals surface area contributed by atoms with Crippen LogP contribution in [0.2, 0.25) is 0 Å². The van der Waals surface area contributed by atoms with Gasteiger partial charge in [-0.15, -0.1) is 0 Å². The number of benzene rings is 1. The molecule has 0 saturated carbocycles. The minimum Gasteiger partial charge on any atom is -0.380 e. The van der Waals surface area contributed by atoms with Gasteiger partial charge in [-0.2, -0.15) is 0 Å². The van der Waals surface area contributed by atoms with Crippen molar-refractivity contribution in [1.82, 2.24) is 4.90 Å². The smallest absolute Gasteiger partial charge is 0.253 e. The fourth-order valence-corrected chi connectivity index (χ4v) is 2.93. The van der Waals surface area contributed by atoms with Gasteiger partial charge in [0, 0.05) is 38.6 Å². The van der Waals surface area contributed by atoms with Gasteiger partial charge in [-0.25, -0.2) is 0 Å². The van der Waals surface area contributed by atoms with Crippen molar-refractivity contribution in [3.05, 3.63) is 35.4 Å². The molecule has 0 aliphatic carbocycles. The first-order valence-corrected chi connectivity index (χ1v) is 7.37. The van der Waals surface area contributed by atoms with Gasteiger partial charge >= 0.3 is 0 Å². The zero-order chi connectivity index (χ0) is 14.7. The minimum atomic E-state index is -0.431. The third-order valence-corrected chi connectivity index (χ3v) is 4.14. The summed E-state index contributed by atoms with van der Waals surface area (Å²) in [5.74, 6) is -0.356. The van der Waals surface area contributed by atoms with Crippen molar-refractivity contribution in [2.75, 3.05) is 33.4 Å². The van der Waals surface area contributed by atoms with Crippen molar-refractivity contribution >= 4 is 5.91 Å². The molecular weight excluding hydrogens is 270 g/mol. The molecule has 2 heterocycles. The first kappa shape index (κ1) is 14.5. The molecule has 0 aromatic heterocycles. The van der Waals surface area contributed by atoms with Crippen LogP contribution in [0.15, 0.2) is 24.3 Å². The molecule has 0 N–H and O–H groups in total. The lowest BCUT2D eigenvalue weighted by atomic mass is 10.0. The van der Waals surface area contributed by atoms with Crippen molar-refractivity contribution < 1.29 is 19.0 Å². The number of nitrogens with zero attached hydrogens (tertiary/aromatic N) is 1. The molecule has 114 valence electrons. The van der Waals surface area contributed by atoms with Gasteiger partial charge in [-0.1, -0.05) is 12.1 Å². The van der Waals surface area contributed by atoms with Crippen molar-refractivity contribution in [1.29, 1.82) is 0 Å². The van der Waals surface area contributed by atoms with Gasteiger partial charge in [0.05, 0.1) is 19.8 Å². The van der Waals surface area contributed by atoms with Crippen molar-refractivity contribution in [3.8, 4) is 0 Å². The summed E-state index contributed by atoms with van der Waals surface area (Å²) in [5.41, 5.74) is 1.79. The fraction of sp³-hybridized carbons (Fsp3) is 0.562. The standard InChI is InChI=1S/C16H21NO4/c1-19-12-13-2-4-14(5-3-13)15(18)17-8-6-16(7-9-17)20-10-11-21-16/h2-5H,6-12H2,1H3. The van der Waals surface area contributed by atoms with Gasteiger partial charge < -0.3 is 19.1 Å². The quantitative estimate of drug-likeness (QED) is 0.852. The topological polar surface area (TPSA) is 48.0 Å². The molecule has 21 heavy (non-hydrogen) atoms. The molecule has 2 aliphatic heterocycles. The van der Waals surface area contributed by atoms with E-state index in [0.717, 1.165) is 24.0 Å². The van der Waals surface area contributed by atoms with Crippen LogP contribution in [0, 0.1) is 0 Å². The highest BCUT2D eigenvalue weighted by atomic mass is 16.7. The van der Waals surface area contributed by atoms with Crippen LogP contribution >= 0.6 is 0 Å². The van der Waals surface area contributed by atoms with E-state index in [0.29, 0.717) is 32.9 Å². The molecule has 3 rings (SSSR count). The lowest BCUT2D eigenvalue weighted by molar-refractivity contribution is -0.181. The molecule has 2 saturated heterocycles. The van der Waals surface area contributed by atoms with E-state index >= 15 is 0 Å². The molecule has 2 aliphatic rings. The predicted octanol–water partition coefficient (Wildman–Crippen LogP) is 1.81. The monoisotopic (exact) mass is 291 g/mol. The number of hydrogen-bond donors (Lipinski definition) is 0. The number of piperidine rings is 1. The highest BCUT2D eigenvalue weighted by Crippen LogP contribution is 2.31. The van der Waals surface area contributed by atoms with Crippen LogP contribution in [0.25, 0.3) is 0 Å². The van der Waals surface area contributed by atoms with E-state index in [9.17, 15) is 4.79 Å². The summed E-state index contributed by atoms with van der Waals surface area (Å²) in [5, 5.41) is 0. The molecular formula is C16H21NO4. The highest BCUT2D eigenvalue weighted by molar-refractivity contribution is 5.94. The van der Waals surface area contributed by atoms with Crippen LogP contribution in [0.5, 0.6) is 0 Å². The first-order valence-electron chi connectivity index (χ1n) is 7.37. The number of methoxy groups -OCH3 is 1. The Kier molecular flexibility index (Phi) is 4.24. The van der Waals surface area contributed by atoms with Gasteiger partial charge in [0.15, 0.2) is 5.79 Å². The summed E-state index contributed by atoms with van der Waals surface area (Å²) in [4.78, 5) is 14.4. The Labute approximate surface area is 124 Å². The number of hydrogen-bond acceptors (Lipinski definition) is 4. The maximum Gasteiger partial charge on any atom is 0.253 e. The molecule has 1 spiro atoms. The van der Waals surface area contributed by atoms with E-state index in [4.69, 9.17) is 14.2 Å². The van der Waals surface area contributed by atoms with Crippen LogP contribution in [-0.4, -0.2) is 50.0 Å². The summed E-state index contributed by atoms with van der Waals surface area (Å²) in [7, 11) is 1.66. The minimum absolute atomic E-state index is 0.0758. The zero-order valence-electron chi connectivity index (χ0n) is 12.3. The Hall–Kier alpha value is -1.43. The lowest BCUT2D eigenvalue weighted by Gasteiger charge is -2.37. The summed E-state index contributed by atoms with van der Waals surface area (Å²) in [6.07, 6.45) is 1.50. The molecule has 1 aromatic rings. The van der Waals surface area contributed by atoms with Gasteiger partial charge in [-0.3, -0.25) is 4.79 Å². The number of carbonyl (C=O) groups is 1. The van der Waals surface area contributed by atoms with Crippen molar-refractivity contribution in [2.45, 2.75) is 25.2 Å². The number of amides is 1. The molecule has 1 amide bonds. The number of ether oxygens (including phenoxy) is 3. The van der Waals surface area contributed by atoms with Crippen LogP contribution in [0.1, 0.15) is 28.8 Å². The maximum absolute atomic E-state index is 12.5. The molecule has 0 unspecified atom stereocenters. The summed E-state index contributed by atoms with van der Waals surface area (Å²) in [6.45, 7) is 3.25. The van der Waals surface area contributed by atoms with Gasteiger partial charge in [0.1, 0.15) is 0 Å². The molecule has 5 nitrogen and oxygen atoms in total. The number of likely N-dealkylation sites (tertiary alicyclic amines) is 1. The second-order valence-corrected chi connectivity index (χ2v) is 5.53. The third kappa shape index (κ3) is 3.10. The van der Waals surface area contributed by atoms with Crippen molar-refractivity contribution in [2.24, 2.45) is 0 Å². The molecule has 0 bridgehead atoms. The molecule has 2 fully saturated rings. The Morgan fingerprint density at radius 3 is 2.38 bits per heavy atom. The van der Waals surface area contributed by atoms with Crippen molar-refractivity contribution in [3.63, 3.8) is 0 Å².